The molecule has 0 aliphatic heterocycles. The third-order valence-electron chi connectivity index (χ3n) is 6.25. The zero-order valence-electron chi connectivity index (χ0n) is 18.9. The molecule has 0 radical (unpaired) electrons. The van der Waals surface area contributed by atoms with E-state index in [1.807, 2.05) is 24.1 Å². The van der Waals surface area contributed by atoms with Crippen molar-refractivity contribution in [1.29, 1.82) is 0 Å². The number of anilines is 1. The molecule has 4 heteroatoms. The van der Waals surface area contributed by atoms with E-state index in [2.05, 4.69) is 95.6 Å². The average molecular weight is 421 g/mol. The van der Waals surface area contributed by atoms with Crippen LogP contribution in [0.15, 0.2) is 79.1 Å². The number of para-hydroxylation sites is 1. The van der Waals surface area contributed by atoms with Gasteiger partial charge >= 0.3 is 0 Å². The molecule has 5 aromatic rings. The van der Waals surface area contributed by atoms with Crippen LogP contribution in [0.1, 0.15) is 24.5 Å². The van der Waals surface area contributed by atoms with Crippen LogP contribution in [0.2, 0.25) is 0 Å². The maximum Gasteiger partial charge on any atom is 0.0722 e. The van der Waals surface area contributed by atoms with Crippen molar-refractivity contribution in [2.45, 2.75) is 26.8 Å². The first-order chi connectivity index (χ1) is 15.6. The Kier molecular flexibility index (Phi) is 5.36. The largest absolute Gasteiger partial charge is 0.367 e. The fourth-order valence-electron chi connectivity index (χ4n) is 4.48. The van der Waals surface area contributed by atoms with Gasteiger partial charge in [0.15, 0.2) is 0 Å². The number of hydrogen-bond acceptors (Lipinski definition) is 3. The smallest absolute Gasteiger partial charge is 0.0722 e. The zero-order valence-corrected chi connectivity index (χ0v) is 18.9. The zero-order chi connectivity index (χ0) is 22.1. The minimum Gasteiger partial charge on any atom is -0.367 e. The van der Waals surface area contributed by atoms with Gasteiger partial charge in [-0.1, -0.05) is 43.3 Å². The molecule has 0 N–H and O–H groups in total. The number of hydrogen-bond donors (Lipinski definition) is 0. The summed E-state index contributed by atoms with van der Waals surface area (Å²) >= 11 is 0. The van der Waals surface area contributed by atoms with Gasteiger partial charge < -0.3 is 4.90 Å². The predicted molar refractivity (Wildman–Crippen MR) is 134 cm³/mol. The first-order valence-corrected chi connectivity index (χ1v) is 11.2. The highest BCUT2D eigenvalue weighted by molar-refractivity contribution is 5.91. The van der Waals surface area contributed by atoms with Crippen molar-refractivity contribution in [2.75, 3.05) is 11.4 Å². The quantitative estimate of drug-likeness (QED) is 0.314. The SMILES string of the molecule is CCCN(Cc1cc(-c2ccc3c(cnn3C)c2)ccc1C)c1ccnc2ccccc12. The Morgan fingerprint density at radius 2 is 1.75 bits per heavy atom. The lowest BCUT2D eigenvalue weighted by Gasteiger charge is -2.27. The molecule has 0 saturated carbocycles. The Labute approximate surface area is 189 Å². The molecule has 0 aliphatic carbocycles. The summed E-state index contributed by atoms with van der Waals surface area (Å²) in [4.78, 5) is 7.04. The Morgan fingerprint density at radius 3 is 2.62 bits per heavy atom. The summed E-state index contributed by atoms with van der Waals surface area (Å²) in [6, 6.07) is 23.9. The number of aryl methyl sites for hydroxylation is 2. The molecule has 2 heterocycles. The van der Waals surface area contributed by atoms with Gasteiger partial charge in [0.2, 0.25) is 0 Å². The van der Waals surface area contributed by atoms with Gasteiger partial charge in [-0.2, -0.15) is 5.10 Å². The fourth-order valence-corrected chi connectivity index (χ4v) is 4.48. The summed E-state index contributed by atoms with van der Waals surface area (Å²) in [6.45, 7) is 6.32. The Balaban J connectivity index is 1.53. The highest BCUT2D eigenvalue weighted by atomic mass is 15.2. The number of pyridine rings is 1. The van der Waals surface area contributed by atoms with Crippen molar-refractivity contribution in [3.8, 4) is 11.1 Å². The molecule has 0 fully saturated rings. The van der Waals surface area contributed by atoms with Crippen LogP contribution in [-0.2, 0) is 13.6 Å². The Morgan fingerprint density at radius 1 is 0.938 bits per heavy atom. The number of rotatable bonds is 6. The maximum absolute atomic E-state index is 4.56. The van der Waals surface area contributed by atoms with Crippen LogP contribution >= 0.6 is 0 Å². The molecule has 4 nitrogen and oxygen atoms in total. The van der Waals surface area contributed by atoms with Gasteiger partial charge in [-0.15, -0.1) is 0 Å². The monoisotopic (exact) mass is 420 g/mol. The second kappa shape index (κ2) is 8.46. The standard InChI is InChI=1S/C28H28N4/c1-4-15-32(28-13-14-29-26-8-6-5-7-25(26)28)19-24-17-21(10-9-20(24)2)22-11-12-27-23(16-22)18-30-31(27)3/h5-14,16-18H,4,15,19H2,1-3H3. The molecule has 0 amide bonds. The molecule has 160 valence electrons. The molecule has 5 rings (SSSR count). The summed E-state index contributed by atoms with van der Waals surface area (Å²) in [7, 11) is 1.98. The van der Waals surface area contributed by atoms with Crippen LogP contribution in [0.3, 0.4) is 0 Å². The van der Waals surface area contributed by atoms with Crippen molar-refractivity contribution in [3.63, 3.8) is 0 Å². The van der Waals surface area contributed by atoms with E-state index < -0.39 is 0 Å². The summed E-state index contributed by atoms with van der Waals surface area (Å²) in [5, 5.41) is 6.76. The van der Waals surface area contributed by atoms with Crippen molar-refractivity contribution in [2.24, 2.45) is 7.05 Å². The van der Waals surface area contributed by atoms with Crippen molar-refractivity contribution in [1.82, 2.24) is 14.8 Å². The van der Waals surface area contributed by atoms with Crippen molar-refractivity contribution in [3.05, 3.63) is 90.3 Å². The lowest BCUT2D eigenvalue weighted by Crippen LogP contribution is -2.24. The molecule has 0 unspecified atom stereocenters. The lowest BCUT2D eigenvalue weighted by molar-refractivity contribution is 0.767. The topological polar surface area (TPSA) is 34.0 Å². The van der Waals surface area contributed by atoms with Crippen molar-refractivity contribution < 1.29 is 0 Å². The lowest BCUT2D eigenvalue weighted by atomic mass is 9.98. The second-order valence-corrected chi connectivity index (χ2v) is 8.45. The number of fused-ring (bicyclic) bond motifs is 2. The van der Waals surface area contributed by atoms with Crippen LogP contribution < -0.4 is 4.90 Å². The molecular weight excluding hydrogens is 392 g/mol. The van der Waals surface area contributed by atoms with Gasteiger partial charge in [-0.3, -0.25) is 9.67 Å². The highest BCUT2D eigenvalue weighted by Crippen LogP contribution is 2.30. The van der Waals surface area contributed by atoms with Gasteiger partial charge in [-0.25, -0.2) is 0 Å². The Bertz CT molecular complexity index is 1390. The van der Waals surface area contributed by atoms with Crippen molar-refractivity contribution >= 4 is 27.5 Å². The van der Waals surface area contributed by atoms with Gasteiger partial charge in [0, 0.05) is 42.8 Å². The fraction of sp³-hybridized carbons (Fsp3) is 0.214. The van der Waals surface area contributed by atoms with Crippen LogP contribution in [0.4, 0.5) is 5.69 Å². The third kappa shape index (κ3) is 3.73. The van der Waals surface area contributed by atoms with Crippen LogP contribution in [0, 0.1) is 6.92 Å². The van der Waals surface area contributed by atoms with E-state index in [9.17, 15) is 0 Å². The number of nitrogens with zero attached hydrogens (tertiary/aromatic N) is 4. The minimum atomic E-state index is 0.872. The van der Waals surface area contributed by atoms with Gasteiger partial charge in [0.1, 0.15) is 0 Å². The molecular formula is C28H28N4. The molecule has 0 spiro atoms. The molecule has 3 aromatic carbocycles. The van der Waals surface area contributed by atoms with E-state index in [-0.39, 0.29) is 0 Å². The first-order valence-electron chi connectivity index (χ1n) is 11.2. The first kappa shape index (κ1) is 20.3. The summed E-state index contributed by atoms with van der Waals surface area (Å²) in [5.41, 5.74) is 8.58. The number of benzene rings is 3. The van der Waals surface area contributed by atoms with Crippen LogP contribution in [-0.4, -0.2) is 21.3 Å². The highest BCUT2D eigenvalue weighted by Gasteiger charge is 2.13. The van der Waals surface area contributed by atoms with E-state index in [1.165, 1.54) is 38.7 Å². The van der Waals surface area contributed by atoms with E-state index in [1.54, 1.807) is 0 Å². The molecule has 2 aromatic heterocycles. The third-order valence-corrected chi connectivity index (χ3v) is 6.25. The molecule has 0 aliphatic rings. The van der Waals surface area contributed by atoms with Gasteiger partial charge in [-0.05, 0) is 65.9 Å². The van der Waals surface area contributed by atoms with E-state index in [0.29, 0.717) is 0 Å². The van der Waals surface area contributed by atoms with Gasteiger partial charge in [0.25, 0.3) is 0 Å². The normalized spacial score (nSPS) is 11.3. The molecule has 0 bridgehead atoms. The molecule has 0 saturated heterocycles. The van der Waals surface area contributed by atoms with Gasteiger partial charge in [0.05, 0.1) is 17.2 Å². The molecule has 0 atom stereocenters. The average Bonchev–Trinajstić information content (AvgIpc) is 3.20. The maximum atomic E-state index is 4.56. The predicted octanol–water partition coefficient (Wildman–Crippen LogP) is 6.51. The molecule has 32 heavy (non-hydrogen) atoms. The number of aromatic nitrogens is 3. The second-order valence-electron chi connectivity index (χ2n) is 8.45. The van der Waals surface area contributed by atoms with E-state index in [4.69, 9.17) is 0 Å². The summed E-state index contributed by atoms with van der Waals surface area (Å²) in [6.07, 6.45) is 4.95. The summed E-state index contributed by atoms with van der Waals surface area (Å²) in [5.74, 6) is 0. The van der Waals surface area contributed by atoms with Crippen LogP contribution in [0.5, 0.6) is 0 Å². The minimum absolute atomic E-state index is 0.872. The van der Waals surface area contributed by atoms with E-state index >= 15 is 0 Å². The van der Waals surface area contributed by atoms with E-state index in [0.717, 1.165) is 30.5 Å². The van der Waals surface area contributed by atoms with Crippen LogP contribution in [0.25, 0.3) is 32.9 Å². The summed E-state index contributed by atoms with van der Waals surface area (Å²) < 4.78 is 1.92. The Hall–Kier alpha value is -3.66.